The summed E-state index contributed by atoms with van der Waals surface area (Å²) in [5.74, 6) is -0.442. The maximum Gasteiger partial charge on any atom is 0.422 e. The van der Waals surface area contributed by atoms with Crippen LogP contribution in [0.15, 0.2) is 30.3 Å². The van der Waals surface area contributed by atoms with Gasteiger partial charge < -0.3 is 15.0 Å². The van der Waals surface area contributed by atoms with Crippen LogP contribution in [0.4, 0.5) is 18.9 Å². The Kier molecular flexibility index (Phi) is 4.44. The maximum atomic E-state index is 12.2. The van der Waals surface area contributed by atoms with Gasteiger partial charge in [-0.1, -0.05) is 12.1 Å². The Labute approximate surface area is 125 Å². The van der Waals surface area contributed by atoms with Crippen molar-refractivity contribution in [1.29, 1.82) is 0 Å². The van der Waals surface area contributed by atoms with E-state index in [9.17, 15) is 18.0 Å². The Morgan fingerprint density at radius 2 is 1.95 bits per heavy atom. The normalized spacial score (nSPS) is 11.3. The lowest BCUT2D eigenvalue weighted by molar-refractivity contribution is -0.153. The van der Waals surface area contributed by atoms with E-state index in [0.717, 1.165) is 5.69 Å². The van der Waals surface area contributed by atoms with Crippen molar-refractivity contribution in [3.8, 4) is 5.75 Å². The van der Waals surface area contributed by atoms with Crippen LogP contribution < -0.4 is 10.1 Å². The molecule has 118 valence electrons. The molecule has 1 aromatic carbocycles. The summed E-state index contributed by atoms with van der Waals surface area (Å²) >= 11 is 0. The van der Waals surface area contributed by atoms with Crippen LogP contribution in [0.3, 0.4) is 0 Å². The van der Waals surface area contributed by atoms with Crippen molar-refractivity contribution in [3.05, 3.63) is 47.3 Å². The number of carbonyl (C=O) groups excluding carboxylic acids is 1. The highest BCUT2D eigenvalue weighted by molar-refractivity contribution is 6.05. The number of aryl methyl sites for hydroxylation is 2. The molecule has 1 amide bonds. The van der Waals surface area contributed by atoms with E-state index in [1.807, 2.05) is 6.92 Å². The number of carbonyl (C=O) groups is 1. The van der Waals surface area contributed by atoms with Crippen LogP contribution in [0.5, 0.6) is 5.75 Å². The molecule has 1 heterocycles. The molecule has 2 aromatic rings. The zero-order valence-corrected chi connectivity index (χ0v) is 12.0. The van der Waals surface area contributed by atoms with E-state index >= 15 is 0 Å². The lowest BCUT2D eigenvalue weighted by Crippen LogP contribution is -2.20. The second-order valence-electron chi connectivity index (χ2n) is 4.85. The molecule has 2 rings (SSSR count). The fraction of sp³-hybridized carbons (Fsp3) is 0.267. The number of H-pyrrole nitrogens is 1. The van der Waals surface area contributed by atoms with Gasteiger partial charge in [-0.15, -0.1) is 0 Å². The Morgan fingerprint density at radius 3 is 2.55 bits per heavy atom. The Bertz CT molecular complexity index is 678. The fourth-order valence-electron chi connectivity index (χ4n) is 2.00. The molecule has 4 nitrogen and oxygen atoms in total. The second kappa shape index (κ2) is 6.13. The zero-order valence-electron chi connectivity index (χ0n) is 12.0. The molecule has 0 aliphatic carbocycles. The molecule has 0 saturated heterocycles. The molecule has 22 heavy (non-hydrogen) atoms. The number of hydrogen-bond acceptors (Lipinski definition) is 2. The summed E-state index contributed by atoms with van der Waals surface area (Å²) in [6.07, 6.45) is -4.44. The molecule has 0 atom stereocenters. The first-order valence-electron chi connectivity index (χ1n) is 6.52. The number of anilines is 1. The minimum atomic E-state index is -4.44. The van der Waals surface area contributed by atoms with Crippen molar-refractivity contribution in [3.63, 3.8) is 0 Å². The second-order valence-corrected chi connectivity index (χ2v) is 4.85. The highest BCUT2D eigenvalue weighted by Gasteiger charge is 2.29. The third-order valence-corrected chi connectivity index (χ3v) is 2.92. The Balaban J connectivity index is 2.16. The van der Waals surface area contributed by atoms with Crippen molar-refractivity contribution in [2.45, 2.75) is 20.0 Å². The molecule has 1 aromatic heterocycles. The largest absolute Gasteiger partial charge is 0.482 e. The number of ether oxygens (including phenoxy) is 1. The van der Waals surface area contributed by atoms with Gasteiger partial charge in [-0.3, -0.25) is 4.79 Å². The molecule has 0 spiro atoms. The molecular weight excluding hydrogens is 297 g/mol. The minimum absolute atomic E-state index is 0.0296. The molecule has 0 bridgehead atoms. The first-order chi connectivity index (χ1) is 10.3. The highest BCUT2D eigenvalue weighted by Crippen LogP contribution is 2.27. The zero-order chi connectivity index (χ0) is 16.3. The highest BCUT2D eigenvalue weighted by atomic mass is 19.4. The van der Waals surface area contributed by atoms with Crippen molar-refractivity contribution in [2.24, 2.45) is 0 Å². The first kappa shape index (κ1) is 15.9. The van der Waals surface area contributed by atoms with Gasteiger partial charge >= 0.3 is 6.18 Å². The summed E-state index contributed by atoms with van der Waals surface area (Å²) in [5, 5.41) is 2.57. The van der Waals surface area contributed by atoms with Crippen LogP contribution >= 0.6 is 0 Å². The molecule has 7 heteroatoms. The van der Waals surface area contributed by atoms with Crippen molar-refractivity contribution in [2.75, 3.05) is 11.9 Å². The topological polar surface area (TPSA) is 54.1 Å². The SMILES string of the molecule is Cc1cc(C(=O)Nc2ccccc2OCC(F)(F)F)c(C)[nH]1. The van der Waals surface area contributed by atoms with E-state index in [0.29, 0.717) is 11.3 Å². The number of hydrogen-bond donors (Lipinski definition) is 2. The van der Waals surface area contributed by atoms with Crippen LogP contribution in [0.1, 0.15) is 21.7 Å². The average Bonchev–Trinajstić information content (AvgIpc) is 2.76. The predicted octanol–water partition coefficient (Wildman–Crippen LogP) is 3.82. The van der Waals surface area contributed by atoms with E-state index in [-0.39, 0.29) is 11.4 Å². The van der Waals surface area contributed by atoms with E-state index in [1.54, 1.807) is 19.1 Å². The van der Waals surface area contributed by atoms with E-state index < -0.39 is 18.7 Å². The van der Waals surface area contributed by atoms with Crippen LogP contribution in [0.2, 0.25) is 0 Å². The summed E-state index contributed by atoms with van der Waals surface area (Å²) in [6.45, 7) is 2.14. The molecular formula is C15H15F3N2O2. The van der Waals surface area contributed by atoms with Crippen molar-refractivity contribution >= 4 is 11.6 Å². The molecule has 0 aliphatic heterocycles. The number of nitrogens with one attached hydrogen (secondary N) is 2. The molecule has 0 saturated carbocycles. The van der Waals surface area contributed by atoms with Crippen LogP contribution in [0, 0.1) is 13.8 Å². The maximum absolute atomic E-state index is 12.2. The fourth-order valence-corrected chi connectivity index (χ4v) is 2.00. The summed E-state index contributed by atoms with van der Waals surface area (Å²) in [6, 6.07) is 7.66. The number of para-hydroxylation sites is 2. The smallest absolute Gasteiger partial charge is 0.422 e. The van der Waals surface area contributed by atoms with Gasteiger partial charge in [0.2, 0.25) is 0 Å². The lowest BCUT2D eigenvalue weighted by atomic mass is 10.2. The Hall–Kier alpha value is -2.44. The Morgan fingerprint density at radius 1 is 1.27 bits per heavy atom. The number of amides is 1. The monoisotopic (exact) mass is 312 g/mol. The van der Waals surface area contributed by atoms with Gasteiger partial charge in [0, 0.05) is 11.4 Å². The summed E-state index contributed by atoms with van der Waals surface area (Å²) in [5.41, 5.74) is 2.13. The average molecular weight is 312 g/mol. The minimum Gasteiger partial charge on any atom is -0.482 e. The number of alkyl halides is 3. The van der Waals surface area contributed by atoms with Gasteiger partial charge in [-0.2, -0.15) is 13.2 Å². The van der Waals surface area contributed by atoms with Crippen molar-refractivity contribution in [1.82, 2.24) is 4.98 Å². The number of benzene rings is 1. The number of aromatic nitrogens is 1. The van der Waals surface area contributed by atoms with Gasteiger partial charge in [-0.25, -0.2) is 0 Å². The van der Waals surface area contributed by atoms with E-state index in [2.05, 4.69) is 10.3 Å². The molecule has 0 fully saturated rings. The summed E-state index contributed by atoms with van der Waals surface area (Å²) < 4.78 is 41.4. The van der Waals surface area contributed by atoms with Gasteiger partial charge in [0.15, 0.2) is 6.61 Å². The van der Waals surface area contributed by atoms with Gasteiger partial charge in [0.25, 0.3) is 5.91 Å². The van der Waals surface area contributed by atoms with E-state index in [1.165, 1.54) is 18.2 Å². The predicted molar refractivity (Wildman–Crippen MR) is 76.2 cm³/mol. The molecule has 0 radical (unpaired) electrons. The van der Waals surface area contributed by atoms with Gasteiger partial charge in [0.05, 0.1) is 11.3 Å². The standard InChI is InChI=1S/C15H15F3N2O2/c1-9-7-11(10(2)19-9)14(21)20-12-5-3-4-6-13(12)22-8-15(16,17)18/h3-7,19H,8H2,1-2H3,(H,20,21). The van der Waals surface area contributed by atoms with Crippen LogP contribution in [0.25, 0.3) is 0 Å². The first-order valence-corrected chi connectivity index (χ1v) is 6.52. The molecule has 0 aliphatic rings. The van der Waals surface area contributed by atoms with E-state index in [4.69, 9.17) is 4.74 Å². The van der Waals surface area contributed by atoms with Crippen molar-refractivity contribution < 1.29 is 22.7 Å². The quantitative estimate of drug-likeness (QED) is 0.901. The van der Waals surface area contributed by atoms with Gasteiger partial charge in [0.1, 0.15) is 5.75 Å². The number of halogens is 3. The van der Waals surface area contributed by atoms with Gasteiger partial charge in [-0.05, 0) is 32.0 Å². The molecule has 0 unspecified atom stereocenters. The summed E-state index contributed by atoms with van der Waals surface area (Å²) in [7, 11) is 0. The molecule has 2 N–H and O–H groups in total. The van der Waals surface area contributed by atoms with Crippen LogP contribution in [-0.2, 0) is 0 Å². The lowest BCUT2D eigenvalue weighted by Gasteiger charge is -2.13. The third kappa shape index (κ3) is 4.03. The number of rotatable bonds is 4. The number of aromatic amines is 1. The third-order valence-electron chi connectivity index (χ3n) is 2.92. The summed E-state index contributed by atoms with van der Waals surface area (Å²) in [4.78, 5) is 15.2. The van der Waals surface area contributed by atoms with Crippen LogP contribution in [-0.4, -0.2) is 23.7 Å².